The normalized spacial score (nSPS) is 16.0. The Morgan fingerprint density at radius 1 is 0.315 bits per heavy atom. The third-order valence-corrected chi connectivity index (χ3v) is 7.27. The minimum Gasteiger partial charge on any atom is -0.378 e. The van der Waals surface area contributed by atoms with Crippen LogP contribution in [0.2, 0.25) is 0 Å². The van der Waals surface area contributed by atoms with Crippen LogP contribution in [0.15, 0.2) is 0 Å². The molecule has 0 amide bonds. The van der Waals surface area contributed by atoms with Gasteiger partial charge in [0.25, 0.3) is 5.41 Å². The number of halogens is 27. The van der Waals surface area contributed by atoms with Crippen LogP contribution in [-0.2, 0) is 18.9 Å². The number of hydrogen-bond donors (Lipinski definition) is 1. The molecule has 0 atom stereocenters. The van der Waals surface area contributed by atoms with Crippen molar-refractivity contribution in [1.82, 2.24) is 0 Å². The van der Waals surface area contributed by atoms with Crippen LogP contribution in [0.1, 0.15) is 12.8 Å². The summed E-state index contributed by atoms with van der Waals surface area (Å²) in [7, 11) is 0. The summed E-state index contributed by atoms with van der Waals surface area (Å²) in [6.45, 7) is -13.5. The van der Waals surface area contributed by atoms with Gasteiger partial charge in [0.05, 0.1) is 39.6 Å². The van der Waals surface area contributed by atoms with Gasteiger partial charge in [-0.2, -0.15) is 131 Å². The molecule has 4 nitrogen and oxygen atoms in total. The van der Waals surface area contributed by atoms with E-state index < -0.39 is 130 Å². The summed E-state index contributed by atoms with van der Waals surface area (Å²) in [5.41, 5.74) is -27.9. The van der Waals surface area contributed by atoms with Gasteiger partial charge < -0.3 is 18.9 Å². The fourth-order valence-electron chi connectivity index (χ4n) is 4.25. The van der Waals surface area contributed by atoms with Gasteiger partial charge in [-0.05, 0) is 12.8 Å². The molecular formula is C22H19F27O4S. The van der Waals surface area contributed by atoms with Crippen LogP contribution in [0.4, 0.5) is 119 Å². The van der Waals surface area contributed by atoms with Crippen molar-refractivity contribution in [1.29, 1.82) is 0 Å². The van der Waals surface area contributed by atoms with Gasteiger partial charge in [-0.15, -0.1) is 0 Å². The average Bonchev–Trinajstić information content (AvgIpc) is 2.84. The van der Waals surface area contributed by atoms with E-state index in [1.165, 1.54) is 0 Å². The minimum absolute atomic E-state index is 0.261. The quantitative estimate of drug-likeness (QED) is 0.0952. The van der Waals surface area contributed by atoms with Gasteiger partial charge in [0.1, 0.15) is 0 Å². The Bertz CT molecular complexity index is 928. The van der Waals surface area contributed by atoms with E-state index in [0.29, 0.717) is 0 Å². The van der Waals surface area contributed by atoms with Crippen molar-refractivity contribution >= 4 is 12.6 Å². The first-order valence-electron chi connectivity index (χ1n) is 13.1. The van der Waals surface area contributed by atoms with E-state index >= 15 is 0 Å². The fourth-order valence-corrected chi connectivity index (χ4v) is 4.38. The number of alkyl halides is 27. The van der Waals surface area contributed by atoms with Crippen LogP contribution in [0, 0.1) is 10.8 Å². The fraction of sp³-hybridized carbons (Fsp3) is 1.00. The number of ether oxygens (including phenoxy) is 4. The summed E-state index contributed by atoms with van der Waals surface area (Å²) in [5.74, 6) is -0.261. The number of thiol groups is 1. The first-order valence-corrected chi connectivity index (χ1v) is 13.7. The lowest BCUT2D eigenvalue weighted by atomic mass is 9.74. The van der Waals surface area contributed by atoms with E-state index in [4.69, 9.17) is 0 Å². The number of hydrogen-bond acceptors (Lipinski definition) is 5. The van der Waals surface area contributed by atoms with Crippen LogP contribution in [0.5, 0.6) is 0 Å². The topological polar surface area (TPSA) is 36.9 Å². The Morgan fingerprint density at radius 3 is 0.833 bits per heavy atom. The molecule has 0 N–H and O–H groups in total. The molecule has 0 saturated heterocycles. The summed E-state index contributed by atoms with van der Waals surface area (Å²) < 4.78 is 380. The first-order chi connectivity index (χ1) is 23.4. The highest BCUT2D eigenvalue weighted by atomic mass is 32.1. The maximum atomic E-state index is 13.6. The molecule has 0 aromatic carbocycles. The van der Waals surface area contributed by atoms with Gasteiger partial charge in [0.2, 0.25) is 0 Å². The van der Waals surface area contributed by atoms with Gasteiger partial charge in [-0.25, -0.2) is 0 Å². The van der Waals surface area contributed by atoms with E-state index in [1.807, 2.05) is 0 Å². The molecule has 0 aliphatic heterocycles. The Kier molecular flexibility index (Phi) is 15.8. The van der Waals surface area contributed by atoms with Crippen molar-refractivity contribution in [2.75, 3.05) is 45.4 Å². The van der Waals surface area contributed by atoms with Crippen LogP contribution in [0.3, 0.4) is 0 Å². The summed E-state index contributed by atoms with van der Waals surface area (Å²) in [4.78, 5) is 0. The summed E-state index contributed by atoms with van der Waals surface area (Å²) in [6, 6.07) is 0. The predicted molar refractivity (Wildman–Crippen MR) is 121 cm³/mol. The highest BCUT2D eigenvalue weighted by molar-refractivity contribution is 7.80. The van der Waals surface area contributed by atoms with E-state index in [9.17, 15) is 119 Å². The van der Waals surface area contributed by atoms with Crippen LogP contribution in [0.25, 0.3) is 0 Å². The minimum atomic E-state index is -7.99. The molecule has 0 rings (SSSR count). The lowest BCUT2D eigenvalue weighted by Gasteiger charge is -2.45. The van der Waals surface area contributed by atoms with Gasteiger partial charge >= 0.3 is 66.8 Å². The van der Waals surface area contributed by atoms with Gasteiger partial charge in [0.15, 0.2) is 0 Å². The molecular weight excluding hydrogens is 873 g/mol. The van der Waals surface area contributed by atoms with E-state index in [2.05, 4.69) is 31.6 Å². The second-order valence-corrected chi connectivity index (χ2v) is 11.2. The van der Waals surface area contributed by atoms with Crippen molar-refractivity contribution < 1.29 is 137 Å². The first kappa shape index (κ1) is 52.3. The zero-order valence-electron chi connectivity index (χ0n) is 25.1. The summed E-state index contributed by atoms with van der Waals surface area (Å²) in [6.07, 6.45) is -78.9. The third kappa shape index (κ3) is 10.2. The van der Waals surface area contributed by atoms with Gasteiger partial charge in [-0.3, -0.25) is 0 Å². The molecule has 0 spiro atoms. The molecule has 0 saturated carbocycles. The molecule has 0 unspecified atom stereocenters. The molecule has 0 bridgehead atoms. The molecule has 0 aromatic heterocycles. The monoisotopic (exact) mass is 892 g/mol. The zero-order valence-corrected chi connectivity index (χ0v) is 26.0. The predicted octanol–water partition coefficient (Wildman–Crippen LogP) is 10.3. The van der Waals surface area contributed by atoms with Crippen molar-refractivity contribution in [2.45, 2.75) is 79.6 Å². The Labute approximate surface area is 286 Å². The maximum absolute atomic E-state index is 13.6. The SMILES string of the molecule is FC(F)(F)C(CCC(COCCOCCS)(COC(C(F)(F)F)(C(F)(F)F)C(F)(F)F)COC(C(F)(F)F)(C(F)(F)F)C(F)(F)F)(C(F)(F)F)C(F)(F)F. The van der Waals surface area contributed by atoms with Gasteiger partial charge in [-0.1, -0.05) is 0 Å². The molecule has 0 aliphatic carbocycles. The molecule has 32 heteroatoms. The standard InChI is InChI=1S/C22H19F27O4S/c23-14(24,25)11(15(26,27)28,16(29,30)31)2-1-10(7-51-4-3-50-5-6-54,8-52-12(17(32,33)34,18(35,36)37)19(38,39)40)9-53-13(20(41,42)43,21(44,45)46)22(47,48)49/h54H,1-9H2. The molecule has 0 radical (unpaired) electrons. The third-order valence-electron chi connectivity index (χ3n) is 7.08. The Balaban J connectivity index is 8.28. The average molecular weight is 892 g/mol. The van der Waals surface area contributed by atoms with Gasteiger partial charge in [0, 0.05) is 11.2 Å². The van der Waals surface area contributed by atoms with E-state index in [-0.39, 0.29) is 5.75 Å². The van der Waals surface area contributed by atoms with Crippen molar-refractivity contribution in [3.05, 3.63) is 0 Å². The molecule has 0 aliphatic rings. The van der Waals surface area contributed by atoms with Crippen LogP contribution >= 0.6 is 12.6 Å². The Morgan fingerprint density at radius 2 is 0.593 bits per heavy atom. The molecule has 54 heavy (non-hydrogen) atoms. The molecule has 326 valence electrons. The largest absolute Gasteiger partial charge is 0.435 e. The van der Waals surface area contributed by atoms with Crippen LogP contribution < -0.4 is 0 Å². The summed E-state index contributed by atoms with van der Waals surface area (Å²) in [5, 5.41) is 0. The van der Waals surface area contributed by atoms with Crippen LogP contribution in [-0.4, -0.2) is 112 Å². The number of rotatable bonds is 16. The lowest BCUT2D eigenvalue weighted by Crippen LogP contribution is -2.70. The molecule has 0 heterocycles. The van der Waals surface area contributed by atoms with Crippen molar-refractivity contribution in [2.24, 2.45) is 10.8 Å². The Hall–Kier alpha value is -1.70. The van der Waals surface area contributed by atoms with E-state index in [0.717, 1.165) is 0 Å². The highest BCUT2D eigenvalue weighted by Gasteiger charge is 2.88. The smallest absolute Gasteiger partial charge is 0.378 e. The second-order valence-electron chi connectivity index (χ2n) is 10.7. The second kappa shape index (κ2) is 16.3. The highest BCUT2D eigenvalue weighted by Crippen LogP contribution is 2.63. The zero-order chi connectivity index (χ0) is 43.7. The van der Waals surface area contributed by atoms with E-state index in [1.54, 1.807) is 0 Å². The van der Waals surface area contributed by atoms with Crippen molar-refractivity contribution in [3.63, 3.8) is 0 Å². The maximum Gasteiger partial charge on any atom is 0.435 e. The van der Waals surface area contributed by atoms with Crippen molar-refractivity contribution in [3.8, 4) is 0 Å². The lowest BCUT2D eigenvalue weighted by molar-refractivity contribution is -0.468. The molecule has 0 aromatic rings. The summed E-state index contributed by atoms with van der Waals surface area (Å²) >= 11 is 3.54. The molecule has 0 fully saturated rings.